The van der Waals surface area contributed by atoms with E-state index in [1.807, 2.05) is 13.8 Å². The number of ether oxygens (including phenoxy) is 3. The Kier molecular flexibility index (Phi) is 7.39. The fourth-order valence-corrected chi connectivity index (χ4v) is 0.735. The molecule has 0 aromatic heterocycles. The fourth-order valence-electron chi connectivity index (χ4n) is 0.735. The molecule has 0 saturated carbocycles. The second-order valence-corrected chi connectivity index (χ2v) is 2.49. The van der Waals surface area contributed by atoms with E-state index in [1.54, 1.807) is 0 Å². The summed E-state index contributed by atoms with van der Waals surface area (Å²) in [6.07, 6.45) is -0.766. The molecule has 12 heavy (non-hydrogen) atoms. The van der Waals surface area contributed by atoms with Gasteiger partial charge in [0.2, 0.25) is 0 Å². The van der Waals surface area contributed by atoms with Crippen LogP contribution < -0.4 is 0 Å². The van der Waals surface area contributed by atoms with Crippen molar-refractivity contribution in [1.82, 2.24) is 0 Å². The van der Waals surface area contributed by atoms with E-state index in [1.165, 1.54) is 7.11 Å². The van der Waals surface area contributed by atoms with Gasteiger partial charge >= 0.3 is 0 Å². The topological polar surface area (TPSA) is 47.9 Å². The lowest BCUT2D eigenvalue weighted by molar-refractivity contribution is -0.128. The molecule has 0 aliphatic rings. The smallest absolute Gasteiger partial charge is 0.177 e. The van der Waals surface area contributed by atoms with Gasteiger partial charge in [0.25, 0.3) is 0 Å². The van der Waals surface area contributed by atoms with E-state index in [-0.39, 0.29) is 12.7 Å². The van der Waals surface area contributed by atoms with Crippen molar-refractivity contribution in [2.24, 2.45) is 0 Å². The van der Waals surface area contributed by atoms with Gasteiger partial charge in [-0.15, -0.1) is 0 Å². The third-order valence-corrected chi connectivity index (χ3v) is 1.34. The van der Waals surface area contributed by atoms with E-state index in [0.29, 0.717) is 13.2 Å². The van der Waals surface area contributed by atoms with Crippen molar-refractivity contribution in [1.29, 1.82) is 0 Å². The van der Waals surface area contributed by atoms with Crippen LogP contribution in [0.2, 0.25) is 0 Å². The lowest BCUT2D eigenvalue weighted by atomic mass is 10.4. The van der Waals surface area contributed by atoms with Crippen LogP contribution in [0.15, 0.2) is 0 Å². The summed E-state index contributed by atoms with van der Waals surface area (Å²) in [7, 11) is 1.43. The highest BCUT2D eigenvalue weighted by molar-refractivity contribution is 4.46. The van der Waals surface area contributed by atoms with Gasteiger partial charge in [0.15, 0.2) is 6.29 Å². The van der Waals surface area contributed by atoms with E-state index in [2.05, 4.69) is 4.74 Å². The van der Waals surface area contributed by atoms with Crippen molar-refractivity contribution in [3.8, 4) is 0 Å². The van der Waals surface area contributed by atoms with Crippen LogP contribution in [0.1, 0.15) is 13.8 Å². The van der Waals surface area contributed by atoms with Gasteiger partial charge in [-0.3, -0.25) is 0 Å². The van der Waals surface area contributed by atoms with Crippen LogP contribution in [-0.2, 0) is 14.2 Å². The minimum absolute atomic E-state index is 0.0686. The number of aliphatic hydroxyl groups is 1. The average Bonchev–Trinajstić information content (AvgIpc) is 2.04. The maximum Gasteiger partial charge on any atom is 0.177 e. The zero-order chi connectivity index (χ0) is 9.40. The summed E-state index contributed by atoms with van der Waals surface area (Å²) in [5.41, 5.74) is 0. The Morgan fingerprint density at radius 1 is 1.33 bits per heavy atom. The summed E-state index contributed by atoms with van der Waals surface area (Å²) in [5, 5.41) is 8.91. The highest BCUT2D eigenvalue weighted by Crippen LogP contribution is 1.93. The third kappa shape index (κ3) is 6.54. The summed E-state index contributed by atoms with van der Waals surface area (Å²) in [4.78, 5) is 0. The van der Waals surface area contributed by atoms with Gasteiger partial charge in [-0.05, 0) is 13.8 Å². The molecule has 0 saturated heterocycles. The first kappa shape index (κ1) is 11.8. The Morgan fingerprint density at radius 3 is 2.50 bits per heavy atom. The number of aliphatic hydroxyl groups excluding tert-OH is 1. The Hall–Kier alpha value is -0.160. The van der Waals surface area contributed by atoms with Gasteiger partial charge in [-0.1, -0.05) is 0 Å². The van der Waals surface area contributed by atoms with Crippen LogP contribution in [0, 0.1) is 0 Å². The molecule has 0 fully saturated rings. The normalized spacial score (nSPS) is 16.0. The summed E-state index contributed by atoms with van der Waals surface area (Å²) in [6.45, 7) is 5.20. The summed E-state index contributed by atoms with van der Waals surface area (Å²) in [5.74, 6) is 0. The molecule has 1 N–H and O–H groups in total. The van der Waals surface area contributed by atoms with Crippen LogP contribution >= 0.6 is 0 Å². The molecule has 0 aliphatic carbocycles. The van der Waals surface area contributed by atoms with Crippen molar-refractivity contribution in [3.05, 3.63) is 0 Å². The van der Waals surface area contributed by atoms with Crippen LogP contribution in [0.3, 0.4) is 0 Å². The van der Waals surface area contributed by atoms with Crippen LogP contribution in [0.25, 0.3) is 0 Å². The second kappa shape index (κ2) is 7.49. The van der Waals surface area contributed by atoms with Crippen molar-refractivity contribution < 1.29 is 19.3 Å². The quantitative estimate of drug-likeness (QED) is 0.573. The molecule has 4 nitrogen and oxygen atoms in total. The van der Waals surface area contributed by atoms with Gasteiger partial charge in [-0.25, -0.2) is 0 Å². The van der Waals surface area contributed by atoms with Crippen molar-refractivity contribution in [2.75, 3.05) is 26.9 Å². The molecule has 0 aliphatic heterocycles. The Labute approximate surface area is 73.4 Å². The van der Waals surface area contributed by atoms with Crippen molar-refractivity contribution in [2.45, 2.75) is 26.2 Å². The van der Waals surface area contributed by atoms with Gasteiger partial charge in [0.05, 0.1) is 19.3 Å². The molecule has 74 valence electrons. The highest BCUT2D eigenvalue weighted by Gasteiger charge is 2.04. The molecule has 0 radical (unpaired) electrons. The SMILES string of the molecule is CCOC(C)COCC(O)OC. The van der Waals surface area contributed by atoms with E-state index in [4.69, 9.17) is 14.6 Å². The molecule has 2 unspecified atom stereocenters. The molecular weight excluding hydrogens is 160 g/mol. The van der Waals surface area contributed by atoms with Gasteiger partial charge in [0, 0.05) is 13.7 Å². The van der Waals surface area contributed by atoms with Crippen molar-refractivity contribution in [3.63, 3.8) is 0 Å². The zero-order valence-electron chi connectivity index (χ0n) is 7.95. The molecule has 2 atom stereocenters. The van der Waals surface area contributed by atoms with Gasteiger partial charge in [-0.2, -0.15) is 0 Å². The van der Waals surface area contributed by atoms with E-state index < -0.39 is 6.29 Å². The Bertz CT molecular complexity index is 97.1. The Balaban J connectivity index is 3.18. The largest absolute Gasteiger partial charge is 0.376 e. The fraction of sp³-hybridized carbons (Fsp3) is 1.00. The van der Waals surface area contributed by atoms with Crippen LogP contribution in [0.4, 0.5) is 0 Å². The average molecular weight is 178 g/mol. The predicted molar refractivity (Wildman–Crippen MR) is 44.9 cm³/mol. The van der Waals surface area contributed by atoms with E-state index in [9.17, 15) is 0 Å². The minimum Gasteiger partial charge on any atom is -0.376 e. The first-order valence-electron chi connectivity index (χ1n) is 4.10. The maximum atomic E-state index is 8.91. The summed E-state index contributed by atoms with van der Waals surface area (Å²) >= 11 is 0. The molecule has 0 spiro atoms. The number of hydrogen-bond donors (Lipinski definition) is 1. The van der Waals surface area contributed by atoms with Gasteiger partial charge < -0.3 is 19.3 Å². The molecular formula is C8H18O4. The second-order valence-electron chi connectivity index (χ2n) is 2.49. The molecule has 0 amide bonds. The third-order valence-electron chi connectivity index (χ3n) is 1.34. The van der Waals surface area contributed by atoms with Gasteiger partial charge in [0.1, 0.15) is 0 Å². The predicted octanol–water partition coefficient (Wildman–Crippen LogP) is 0.393. The molecule has 0 aromatic rings. The minimum atomic E-state index is -0.834. The first-order valence-corrected chi connectivity index (χ1v) is 4.10. The number of hydrogen-bond acceptors (Lipinski definition) is 4. The summed E-state index contributed by atoms with van der Waals surface area (Å²) < 4.78 is 14.9. The maximum absolute atomic E-state index is 8.91. The first-order chi connectivity index (χ1) is 5.70. The Morgan fingerprint density at radius 2 is 2.00 bits per heavy atom. The number of rotatable bonds is 7. The molecule has 0 aromatic carbocycles. The van der Waals surface area contributed by atoms with E-state index in [0.717, 1.165) is 0 Å². The van der Waals surface area contributed by atoms with E-state index >= 15 is 0 Å². The molecule has 0 rings (SSSR count). The van der Waals surface area contributed by atoms with Crippen molar-refractivity contribution >= 4 is 0 Å². The standard InChI is InChI=1S/C8H18O4/c1-4-12-7(2)5-11-6-8(9)10-3/h7-9H,4-6H2,1-3H3. The monoisotopic (exact) mass is 178 g/mol. The number of methoxy groups -OCH3 is 1. The van der Waals surface area contributed by atoms with Crippen LogP contribution in [0.5, 0.6) is 0 Å². The zero-order valence-corrected chi connectivity index (χ0v) is 7.95. The lowest BCUT2D eigenvalue weighted by Gasteiger charge is -2.13. The molecule has 0 bridgehead atoms. The molecule has 0 heterocycles. The lowest BCUT2D eigenvalue weighted by Crippen LogP contribution is -2.22. The highest BCUT2D eigenvalue weighted by atomic mass is 16.6. The summed E-state index contributed by atoms with van der Waals surface area (Å²) in [6, 6.07) is 0. The van der Waals surface area contributed by atoms with Crippen LogP contribution in [-0.4, -0.2) is 44.4 Å². The molecule has 4 heteroatoms.